The Labute approximate surface area is 123 Å². The summed E-state index contributed by atoms with van der Waals surface area (Å²) < 4.78 is 14.8. The fourth-order valence-electron chi connectivity index (χ4n) is 1.45. The second-order valence-electron chi connectivity index (χ2n) is 4.12. The molecule has 1 aromatic carbocycles. The van der Waals surface area contributed by atoms with Crippen LogP contribution in [0.4, 0.5) is 0 Å². The molecule has 0 saturated heterocycles. The van der Waals surface area contributed by atoms with Crippen LogP contribution in [-0.4, -0.2) is 55.5 Å². The molecule has 0 bridgehead atoms. The molecular formula is C15H20O6. The average molecular weight is 296 g/mol. The molecule has 0 aromatic heterocycles. The third kappa shape index (κ3) is 7.01. The average Bonchev–Trinajstić information content (AvgIpc) is 2.50. The van der Waals surface area contributed by atoms with Gasteiger partial charge in [0.05, 0.1) is 32.0 Å². The van der Waals surface area contributed by atoms with Gasteiger partial charge in [0.1, 0.15) is 6.61 Å². The summed E-state index contributed by atoms with van der Waals surface area (Å²) in [6, 6.07) is 8.83. The fraction of sp³-hybridized carbons (Fsp3) is 0.400. The molecule has 0 fully saturated rings. The first-order chi connectivity index (χ1) is 10.1. The van der Waals surface area contributed by atoms with E-state index in [9.17, 15) is 9.90 Å². The molecule has 0 aliphatic rings. The van der Waals surface area contributed by atoms with Gasteiger partial charge in [-0.15, -0.1) is 0 Å². The Hall–Kier alpha value is -1.73. The minimum atomic E-state index is -1.36. The fourth-order valence-corrected chi connectivity index (χ4v) is 1.45. The van der Waals surface area contributed by atoms with Crippen LogP contribution in [0, 0.1) is 0 Å². The SMILES string of the molecule is C=C(C(=O)OC(O)COCCOCCO)c1ccccc1. The zero-order valence-electron chi connectivity index (χ0n) is 11.7. The number of benzene rings is 1. The van der Waals surface area contributed by atoms with Gasteiger partial charge in [-0.3, -0.25) is 0 Å². The van der Waals surface area contributed by atoms with Crippen molar-refractivity contribution in [2.45, 2.75) is 6.29 Å². The number of carbonyl (C=O) groups excluding carboxylic acids is 1. The van der Waals surface area contributed by atoms with Crippen LogP contribution in [0.25, 0.3) is 5.57 Å². The van der Waals surface area contributed by atoms with E-state index in [1.807, 2.05) is 6.07 Å². The predicted octanol–water partition coefficient (Wildman–Crippen LogP) is 0.587. The van der Waals surface area contributed by atoms with Crippen LogP contribution in [0.1, 0.15) is 5.56 Å². The van der Waals surface area contributed by atoms with Crippen LogP contribution in [0.2, 0.25) is 0 Å². The van der Waals surface area contributed by atoms with Gasteiger partial charge in [-0.05, 0) is 5.56 Å². The predicted molar refractivity (Wildman–Crippen MR) is 76.3 cm³/mol. The van der Waals surface area contributed by atoms with E-state index in [4.69, 9.17) is 19.3 Å². The van der Waals surface area contributed by atoms with Gasteiger partial charge in [0.2, 0.25) is 6.29 Å². The molecule has 116 valence electrons. The summed E-state index contributed by atoms with van der Waals surface area (Å²) in [6.07, 6.45) is -1.36. The Bertz CT molecular complexity index is 431. The number of aliphatic hydroxyl groups is 2. The van der Waals surface area contributed by atoms with Crippen LogP contribution in [0.3, 0.4) is 0 Å². The summed E-state index contributed by atoms with van der Waals surface area (Å²) in [7, 11) is 0. The highest BCUT2D eigenvalue weighted by atomic mass is 16.7. The van der Waals surface area contributed by atoms with Crippen molar-refractivity contribution in [2.24, 2.45) is 0 Å². The van der Waals surface area contributed by atoms with Gasteiger partial charge in [0.25, 0.3) is 0 Å². The second kappa shape index (κ2) is 10.1. The number of esters is 1. The summed E-state index contributed by atoms with van der Waals surface area (Å²) in [5.74, 6) is -0.700. The third-order valence-corrected chi connectivity index (χ3v) is 2.48. The molecule has 6 heteroatoms. The summed E-state index contributed by atoms with van der Waals surface area (Å²) >= 11 is 0. The van der Waals surface area contributed by atoms with E-state index >= 15 is 0 Å². The number of hydrogen-bond donors (Lipinski definition) is 2. The Kier molecular flexibility index (Phi) is 8.30. The van der Waals surface area contributed by atoms with Gasteiger partial charge in [-0.25, -0.2) is 4.79 Å². The number of carbonyl (C=O) groups is 1. The first-order valence-electron chi connectivity index (χ1n) is 6.55. The van der Waals surface area contributed by atoms with Gasteiger partial charge in [-0.1, -0.05) is 36.9 Å². The molecule has 1 aromatic rings. The maximum Gasteiger partial charge on any atom is 0.340 e. The normalized spacial score (nSPS) is 11.9. The van der Waals surface area contributed by atoms with E-state index in [1.165, 1.54) is 0 Å². The smallest absolute Gasteiger partial charge is 0.340 e. The lowest BCUT2D eigenvalue weighted by atomic mass is 10.1. The minimum absolute atomic E-state index is 0.0537. The Morgan fingerprint density at radius 1 is 1.14 bits per heavy atom. The van der Waals surface area contributed by atoms with E-state index in [0.29, 0.717) is 5.56 Å². The molecule has 0 radical (unpaired) electrons. The van der Waals surface area contributed by atoms with Gasteiger partial charge in [0.15, 0.2) is 0 Å². The van der Waals surface area contributed by atoms with Crippen molar-refractivity contribution >= 4 is 11.5 Å². The molecular weight excluding hydrogens is 276 g/mol. The number of rotatable bonds is 10. The van der Waals surface area contributed by atoms with Crippen LogP contribution in [-0.2, 0) is 19.0 Å². The molecule has 0 aliphatic carbocycles. The molecule has 0 spiro atoms. The van der Waals surface area contributed by atoms with Crippen molar-refractivity contribution in [3.63, 3.8) is 0 Å². The zero-order valence-corrected chi connectivity index (χ0v) is 11.7. The van der Waals surface area contributed by atoms with Crippen LogP contribution >= 0.6 is 0 Å². The Balaban J connectivity index is 2.23. The lowest BCUT2D eigenvalue weighted by Crippen LogP contribution is -2.24. The molecule has 21 heavy (non-hydrogen) atoms. The molecule has 0 saturated carbocycles. The molecule has 0 heterocycles. The maximum atomic E-state index is 11.7. The van der Waals surface area contributed by atoms with Gasteiger partial charge < -0.3 is 24.4 Å². The lowest BCUT2D eigenvalue weighted by Gasteiger charge is -2.13. The second-order valence-corrected chi connectivity index (χ2v) is 4.12. The molecule has 0 amide bonds. The van der Waals surface area contributed by atoms with Crippen LogP contribution in [0.5, 0.6) is 0 Å². The van der Waals surface area contributed by atoms with Gasteiger partial charge in [-0.2, -0.15) is 0 Å². The number of ether oxygens (including phenoxy) is 3. The largest absolute Gasteiger partial charge is 0.430 e. The highest BCUT2D eigenvalue weighted by Crippen LogP contribution is 2.13. The molecule has 2 N–H and O–H groups in total. The molecule has 1 rings (SSSR count). The summed E-state index contributed by atoms with van der Waals surface area (Å²) in [5, 5.41) is 18.0. The monoisotopic (exact) mass is 296 g/mol. The molecule has 6 nitrogen and oxygen atoms in total. The van der Waals surface area contributed by atoms with Gasteiger partial charge >= 0.3 is 5.97 Å². The lowest BCUT2D eigenvalue weighted by molar-refractivity contribution is -0.170. The van der Waals surface area contributed by atoms with Crippen molar-refractivity contribution in [3.8, 4) is 0 Å². The number of hydrogen-bond acceptors (Lipinski definition) is 6. The summed E-state index contributed by atoms with van der Waals surface area (Å²) in [6.45, 7) is 4.18. The first kappa shape index (κ1) is 17.3. The van der Waals surface area contributed by atoms with E-state index in [-0.39, 0.29) is 38.6 Å². The van der Waals surface area contributed by atoms with Crippen LogP contribution in [0.15, 0.2) is 36.9 Å². The summed E-state index contributed by atoms with van der Waals surface area (Å²) in [5.41, 5.74) is 0.800. The highest BCUT2D eigenvalue weighted by molar-refractivity contribution is 6.15. The van der Waals surface area contributed by atoms with E-state index in [2.05, 4.69) is 6.58 Å². The first-order valence-corrected chi connectivity index (χ1v) is 6.55. The van der Waals surface area contributed by atoms with Gasteiger partial charge in [0, 0.05) is 0 Å². The topological polar surface area (TPSA) is 85.2 Å². The standard InChI is InChI=1S/C15H20O6/c1-12(13-5-3-2-4-6-13)15(18)21-14(17)11-20-10-9-19-8-7-16/h2-6,14,16-17H,1,7-11H2. The van der Waals surface area contributed by atoms with Crippen molar-refractivity contribution < 1.29 is 29.2 Å². The molecule has 1 atom stereocenters. The third-order valence-electron chi connectivity index (χ3n) is 2.48. The Morgan fingerprint density at radius 3 is 2.48 bits per heavy atom. The summed E-state index contributed by atoms with van der Waals surface area (Å²) in [4.78, 5) is 11.7. The number of aliphatic hydroxyl groups excluding tert-OH is 2. The minimum Gasteiger partial charge on any atom is -0.430 e. The zero-order chi connectivity index (χ0) is 15.5. The maximum absolute atomic E-state index is 11.7. The Morgan fingerprint density at radius 2 is 1.81 bits per heavy atom. The quantitative estimate of drug-likeness (QED) is 0.284. The van der Waals surface area contributed by atoms with E-state index in [1.54, 1.807) is 24.3 Å². The molecule has 0 aliphatic heterocycles. The van der Waals surface area contributed by atoms with E-state index < -0.39 is 12.3 Å². The van der Waals surface area contributed by atoms with Crippen molar-refractivity contribution in [2.75, 3.05) is 33.0 Å². The molecule has 1 unspecified atom stereocenters. The van der Waals surface area contributed by atoms with Crippen molar-refractivity contribution in [1.82, 2.24) is 0 Å². The van der Waals surface area contributed by atoms with Crippen molar-refractivity contribution in [1.29, 1.82) is 0 Å². The van der Waals surface area contributed by atoms with Crippen LogP contribution < -0.4 is 0 Å². The van der Waals surface area contributed by atoms with E-state index in [0.717, 1.165) is 0 Å². The highest BCUT2D eigenvalue weighted by Gasteiger charge is 2.15. The van der Waals surface area contributed by atoms with Crippen molar-refractivity contribution in [3.05, 3.63) is 42.5 Å².